The van der Waals surface area contributed by atoms with E-state index in [4.69, 9.17) is 17.2 Å². The molecule has 0 amide bonds. The first-order valence-corrected chi connectivity index (χ1v) is 10.4. The summed E-state index contributed by atoms with van der Waals surface area (Å²) in [6.45, 7) is 2.14. The molecule has 2 heterocycles. The Morgan fingerprint density at radius 1 is 1.21 bits per heavy atom. The van der Waals surface area contributed by atoms with Crippen LogP contribution in [-0.4, -0.2) is 14.5 Å². The van der Waals surface area contributed by atoms with Crippen molar-refractivity contribution in [3.8, 4) is 0 Å². The van der Waals surface area contributed by atoms with E-state index in [1.165, 1.54) is 23.8 Å². The van der Waals surface area contributed by atoms with Gasteiger partial charge in [-0.1, -0.05) is 0 Å². The molecule has 4 aliphatic carbocycles. The maximum atomic E-state index is 14.0. The van der Waals surface area contributed by atoms with E-state index in [9.17, 15) is 18.0 Å². The molecule has 28 heavy (non-hydrogen) atoms. The standard InChI is InChI=1S/C20H22F3N3OS/c1-2-26-16-15(17(27)25-18(26)28)13(20(21,22)23)6-14(24-16)19-7-10-3-11(8-19)5-12(4-10)9-19/h6,10-12H,2-5,7-9H2,1H3,(H,25,27,28). The van der Waals surface area contributed by atoms with Crippen molar-refractivity contribution >= 4 is 23.3 Å². The number of rotatable bonds is 2. The van der Waals surface area contributed by atoms with Crippen molar-refractivity contribution in [2.45, 2.75) is 63.6 Å². The van der Waals surface area contributed by atoms with Crippen LogP contribution < -0.4 is 5.56 Å². The van der Waals surface area contributed by atoms with Crippen LogP contribution in [0.25, 0.3) is 11.0 Å². The van der Waals surface area contributed by atoms with Gasteiger partial charge in [0.15, 0.2) is 4.77 Å². The first-order valence-electron chi connectivity index (χ1n) is 9.96. The monoisotopic (exact) mass is 409 g/mol. The molecule has 2 aromatic heterocycles. The molecule has 0 spiro atoms. The summed E-state index contributed by atoms with van der Waals surface area (Å²) in [4.78, 5) is 19.5. The Balaban J connectivity index is 1.82. The Bertz CT molecular complexity index is 1050. The number of alkyl halides is 3. The summed E-state index contributed by atoms with van der Waals surface area (Å²) in [5.74, 6) is 1.76. The lowest BCUT2D eigenvalue weighted by molar-refractivity contribution is -0.136. The van der Waals surface area contributed by atoms with Gasteiger partial charge in [-0.2, -0.15) is 13.2 Å². The van der Waals surface area contributed by atoms with Crippen molar-refractivity contribution in [3.63, 3.8) is 0 Å². The van der Waals surface area contributed by atoms with Crippen LogP contribution in [0.1, 0.15) is 56.7 Å². The molecule has 0 aromatic carbocycles. The highest BCUT2D eigenvalue weighted by Gasteiger charge is 2.53. The predicted molar refractivity (Wildman–Crippen MR) is 102 cm³/mol. The third kappa shape index (κ3) is 2.60. The Morgan fingerprint density at radius 3 is 2.29 bits per heavy atom. The molecule has 8 heteroatoms. The van der Waals surface area contributed by atoms with Gasteiger partial charge < -0.3 is 4.57 Å². The van der Waals surface area contributed by atoms with Crippen LogP contribution in [0.2, 0.25) is 0 Å². The number of aromatic nitrogens is 3. The van der Waals surface area contributed by atoms with Crippen molar-refractivity contribution in [2.24, 2.45) is 17.8 Å². The minimum Gasteiger partial charge on any atom is -0.303 e. The molecular weight excluding hydrogens is 387 g/mol. The van der Waals surface area contributed by atoms with Gasteiger partial charge in [0.05, 0.1) is 10.9 Å². The van der Waals surface area contributed by atoms with Crippen molar-refractivity contribution < 1.29 is 13.2 Å². The fraction of sp³-hybridized carbons (Fsp3) is 0.650. The topological polar surface area (TPSA) is 50.7 Å². The summed E-state index contributed by atoms with van der Waals surface area (Å²) in [6, 6.07) is 1.16. The van der Waals surface area contributed by atoms with Crippen LogP contribution in [0, 0.1) is 22.5 Å². The largest absolute Gasteiger partial charge is 0.417 e. The van der Waals surface area contributed by atoms with Gasteiger partial charge in [-0.25, -0.2) is 4.98 Å². The Kier molecular flexibility index (Phi) is 3.87. The normalized spacial score (nSPS) is 31.6. The summed E-state index contributed by atoms with van der Waals surface area (Å²) in [7, 11) is 0. The summed E-state index contributed by atoms with van der Waals surface area (Å²) >= 11 is 5.20. The van der Waals surface area contributed by atoms with Gasteiger partial charge in [0, 0.05) is 17.7 Å². The van der Waals surface area contributed by atoms with E-state index in [0.29, 0.717) is 30.0 Å². The highest BCUT2D eigenvalue weighted by atomic mass is 32.1. The first-order chi connectivity index (χ1) is 13.2. The van der Waals surface area contributed by atoms with Crippen molar-refractivity contribution in [1.29, 1.82) is 0 Å². The molecule has 1 N–H and O–H groups in total. The van der Waals surface area contributed by atoms with E-state index in [-0.39, 0.29) is 15.8 Å². The number of halogens is 3. The highest BCUT2D eigenvalue weighted by Crippen LogP contribution is 2.60. The van der Waals surface area contributed by atoms with Crippen molar-refractivity contribution in [2.75, 3.05) is 0 Å². The zero-order valence-corrected chi connectivity index (χ0v) is 16.4. The molecule has 150 valence electrons. The molecule has 4 aliphatic rings. The smallest absolute Gasteiger partial charge is 0.303 e. The number of aromatic amines is 1. The molecule has 6 rings (SSSR count). The molecule has 4 bridgehead atoms. The lowest BCUT2D eigenvalue weighted by Gasteiger charge is -2.56. The number of pyridine rings is 1. The van der Waals surface area contributed by atoms with E-state index in [2.05, 4.69) is 4.98 Å². The molecule has 2 aromatic rings. The van der Waals surface area contributed by atoms with Gasteiger partial charge in [-0.05, 0) is 81.5 Å². The number of H-pyrrole nitrogens is 1. The lowest BCUT2D eigenvalue weighted by Crippen LogP contribution is -2.49. The predicted octanol–water partition coefficient (Wildman–Crippen LogP) is 4.96. The van der Waals surface area contributed by atoms with E-state index in [0.717, 1.165) is 25.3 Å². The number of nitrogens with one attached hydrogen (secondary N) is 1. The van der Waals surface area contributed by atoms with E-state index >= 15 is 0 Å². The van der Waals surface area contributed by atoms with Gasteiger partial charge in [-0.15, -0.1) is 0 Å². The van der Waals surface area contributed by atoms with Crippen LogP contribution in [0.3, 0.4) is 0 Å². The lowest BCUT2D eigenvalue weighted by atomic mass is 9.48. The van der Waals surface area contributed by atoms with Crippen molar-refractivity contribution in [1.82, 2.24) is 14.5 Å². The molecule has 4 saturated carbocycles. The molecule has 4 fully saturated rings. The van der Waals surface area contributed by atoms with E-state index in [1.54, 1.807) is 6.92 Å². The zero-order valence-electron chi connectivity index (χ0n) is 15.6. The number of aryl methyl sites for hydroxylation is 1. The highest BCUT2D eigenvalue weighted by molar-refractivity contribution is 7.71. The van der Waals surface area contributed by atoms with E-state index < -0.39 is 22.7 Å². The second-order valence-corrected chi connectivity index (χ2v) is 9.34. The number of hydrogen-bond donors (Lipinski definition) is 1. The summed E-state index contributed by atoms with van der Waals surface area (Å²) in [5.41, 5.74) is -1.42. The van der Waals surface area contributed by atoms with Crippen LogP contribution in [0.4, 0.5) is 13.2 Å². The zero-order chi connectivity index (χ0) is 19.8. The van der Waals surface area contributed by atoms with E-state index in [1.807, 2.05) is 0 Å². The van der Waals surface area contributed by atoms with Crippen LogP contribution in [-0.2, 0) is 18.1 Å². The Labute approximate surface area is 165 Å². The van der Waals surface area contributed by atoms with Gasteiger partial charge in [-0.3, -0.25) is 9.78 Å². The van der Waals surface area contributed by atoms with Crippen LogP contribution in [0.15, 0.2) is 10.9 Å². The minimum absolute atomic E-state index is 0.0665. The number of hydrogen-bond acceptors (Lipinski definition) is 3. The van der Waals surface area contributed by atoms with Crippen LogP contribution in [0.5, 0.6) is 0 Å². The van der Waals surface area contributed by atoms with Crippen LogP contribution >= 0.6 is 12.2 Å². The van der Waals surface area contributed by atoms with Crippen molar-refractivity contribution in [3.05, 3.63) is 32.4 Å². The molecule has 0 unspecified atom stereocenters. The molecular formula is C20H22F3N3OS. The second-order valence-electron chi connectivity index (χ2n) is 8.95. The Morgan fingerprint density at radius 2 is 1.79 bits per heavy atom. The fourth-order valence-corrected chi connectivity index (χ4v) is 6.80. The SMILES string of the molecule is CCn1c(=S)[nH]c(=O)c2c(C(F)(F)F)cc(C34CC5CC(CC(C5)C3)C4)nc21. The fourth-order valence-electron chi connectivity index (χ4n) is 6.49. The maximum absolute atomic E-state index is 14.0. The average Bonchev–Trinajstić information content (AvgIpc) is 2.59. The maximum Gasteiger partial charge on any atom is 0.417 e. The van der Waals surface area contributed by atoms with Gasteiger partial charge in [0.1, 0.15) is 5.65 Å². The molecule has 0 saturated heterocycles. The van der Waals surface area contributed by atoms with Gasteiger partial charge in [0.25, 0.3) is 5.56 Å². The first kappa shape index (κ1) is 18.3. The quantitative estimate of drug-likeness (QED) is 0.713. The Hall–Kier alpha value is -1.70. The van der Waals surface area contributed by atoms with Gasteiger partial charge in [0.2, 0.25) is 0 Å². The van der Waals surface area contributed by atoms with Gasteiger partial charge >= 0.3 is 6.18 Å². The third-order valence-electron chi connectivity index (χ3n) is 7.15. The summed E-state index contributed by atoms with van der Waals surface area (Å²) in [5, 5.41) is -0.406. The summed E-state index contributed by atoms with van der Waals surface area (Å²) in [6.07, 6.45) is 1.69. The molecule has 4 nitrogen and oxygen atoms in total. The number of fused-ring (bicyclic) bond motifs is 1. The second kappa shape index (κ2) is 5.90. The average molecular weight is 409 g/mol. The minimum atomic E-state index is -4.63. The number of nitrogens with zero attached hydrogens (tertiary/aromatic N) is 2. The summed E-state index contributed by atoms with van der Waals surface area (Å²) < 4.78 is 43.5. The molecule has 0 radical (unpaired) electrons. The third-order valence-corrected chi connectivity index (χ3v) is 7.47. The molecule has 0 aliphatic heterocycles. The molecule has 0 atom stereocenters.